The van der Waals surface area contributed by atoms with Crippen molar-refractivity contribution in [3.05, 3.63) is 35.4 Å². The Balaban J connectivity index is 2.48. The molecule has 0 atom stereocenters. The van der Waals surface area contributed by atoms with E-state index in [-0.39, 0.29) is 0 Å². The van der Waals surface area contributed by atoms with Crippen molar-refractivity contribution < 1.29 is 4.74 Å². The summed E-state index contributed by atoms with van der Waals surface area (Å²) in [5.41, 5.74) is 4.30. The number of allylic oxidation sites excluding steroid dienone is 2. The van der Waals surface area contributed by atoms with Crippen LogP contribution in [-0.4, -0.2) is 7.11 Å². The standard InChI is InChI=1S/C14H18O/c1-3-6-11-7-4-9-13-12(11)8-5-10-14(13)15-2/h5-6,8,10H,3-4,7,9H2,1-2H3/b11-6+. The third-order valence-electron chi connectivity index (χ3n) is 3.02. The Morgan fingerprint density at radius 3 is 2.93 bits per heavy atom. The molecule has 0 aliphatic heterocycles. The number of benzene rings is 1. The largest absolute Gasteiger partial charge is 0.496 e. The lowest BCUT2D eigenvalue weighted by atomic mass is 9.86. The molecular formula is C14H18O. The monoisotopic (exact) mass is 202 g/mol. The first-order valence-electron chi connectivity index (χ1n) is 5.72. The second kappa shape index (κ2) is 4.52. The molecule has 1 aliphatic rings. The van der Waals surface area contributed by atoms with Crippen LogP contribution in [0.4, 0.5) is 0 Å². The lowest BCUT2D eigenvalue weighted by Gasteiger charge is -2.21. The van der Waals surface area contributed by atoms with E-state index >= 15 is 0 Å². The molecule has 0 amide bonds. The molecular weight excluding hydrogens is 184 g/mol. The molecule has 0 fully saturated rings. The SMILES string of the molecule is CC/C=C1\CCCc2c(OC)cccc21. The van der Waals surface area contributed by atoms with E-state index in [0.717, 1.165) is 18.6 Å². The van der Waals surface area contributed by atoms with Crippen LogP contribution in [0.25, 0.3) is 5.57 Å². The fourth-order valence-corrected chi connectivity index (χ4v) is 2.36. The third-order valence-corrected chi connectivity index (χ3v) is 3.02. The summed E-state index contributed by atoms with van der Waals surface area (Å²) < 4.78 is 5.41. The Hall–Kier alpha value is -1.24. The van der Waals surface area contributed by atoms with Gasteiger partial charge in [0.15, 0.2) is 0 Å². The summed E-state index contributed by atoms with van der Waals surface area (Å²) in [6.07, 6.45) is 7.08. The summed E-state index contributed by atoms with van der Waals surface area (Å²) in [4.78, 5) is 0. The summed E-state index contributed by atoms with van der Waals surface area (Å²) >= 11 is 0. The molecule has 1 aromatic rings. The van der Waals surface area contributed by atoms with Crippen molar-refractivity contribution in [1.29, 1.82) is 0 Å². The van der Waals surface area contributed by atoms with E-state index in [1.165, 1.54) is 29.5 Å². The van der Waals surface area contributed by atoms with E-state index in [9.17, 15) is 0 Å². The van der Waals surface area contributed by atoms with Gasteiger partial charge in [0.25, 0.3) is 0 Å². The lowest BCUT2D eigenvalue weighted by Crippen LogP contribution is -2.04. The van der Waals surface area contributed by atoms with Gasteiger partial charge in [0.1, 0.15) is 5.75 Å². The molecule has 0 N–H and O–H groups in total. The zero-order chi connectivity index (χ0) is 10.7. The van der Waals surface area contributed by atoms with Gasteiger partial charge in [-0.15, -0.1) is 0 Å². The van der Waals surface area contributed by atoms with Crippen LogP contribution in [0.2, 0.25) is 0 Å². The van der Waals surface area contributed by atoms with Crippen LogP contribution in [0.3, 0.4) is 0 Å². The van der Waals surface area contributed by atoms with Crippen LogP contribution < -0.4 is 4.74 Å². The first kappa shape index (κ1) is 10.3. The average molecular weight is 202 g/mol. The molecule has 0 saturated carbocycles. The zero-order valence-electron chi connectivity index (χ0n) is 9.55. The van der Waals surface area contributed by atoms with E-state index in [0.29, 0.717) is 0 Å². The summed E-state index contributed by atoms with van der Waals surface area (Å²) in [5, 5.41) is 0. The Morgan fingerprint density at radius 2 is 2.20 bits per heavy atom. The predicted octanol–water partition coefficient (Wildman–Crippen LogP) is 3.82. The predicted molar refractivity (Wildman–Crippen MR) is 64.2 cm³/mol. The van der Waals surface area contributed by atoms with Gasteiger partial charge in [-0.25, -0.2) is 0 Å². The van der Waals surface area contributed by atoms with Crippen molar-refractivity contribution >= 4 is 5.57 Å². The molecule has 1 aromatic carbocycles. The number of rotatable bonds is 2. The van der Waals surface area contributed by atoms with Crippen molar-refractivity contribution in [2.45, 2.75) is 32.6 Å². The van der Waals surface area contributed by atoms with Crippen molar-refractivity contribution in [1.82, 2.24) is 0 Å². The van der Waals surface area contributed by atoms with Gasteiger partial charge in [0, 0.05) is 5.56 Å². The van der Waals surface area contributed by atoms with Gasteiger partial charge in [0.05, 0.1) is 7.11 Å². The second-order valence-corrected chi connectivity index (χ2v) is 3.98. The fourth-order valence-electron chi connectivity index (χ4n) is 2.36. The minimum absolute atomic E-state index is 1.05. The molecule has 0 heterocycles. The number of methoxy groups -OCH3 is 1. The fraction of sp³-hybridized carbons (Fsp3) is 0.429. The molecule has 80 valence electrons. The molecule has 15 heavy (non-hydrogen) atoms. The van der Waals surface area contributed by atoms with Gasteiger partial charge in [-0.05, 0) is 42.9 Å². The highest BCUT2D eigenvalue weighted by atomic mass is 16.5. The smallest absolute Gasteiger partial charge is 0.122 e. The van der Waals surface area contributed by atoms with Crippen LogP contribution in [0.5, 0.6) is 5.75 Å². The molecule has 0 bridgehead atoms. The first-order chi connectivity index (χ1) is 7.36. The number of hydrogen-bond acceptors (Lipinski definition) is 1. The minimum atomic E-state index is 1.05. The van der Waals surface area contributed by atoms with Crippen molar-refractivity contribution in [3.63, 3.8) is 0 Å². The summed E-state index contributed by atoms with van der Waals surface area (Å²) in [5.74, 6) is 1.05. The molecule has 0 spiro atoms. The quantitative estimate of drug-likeness (QED) is 0.708. The normalized spacial score (nSPS) is 17.6. The van der Waals surface area contributed by atoms with Crippen LogP contribution in [-0.2, 0) is 6.42 Å². The molecule has 1 nitrogen and oxygen atoms in total. The third kappa shape index (κ3) is 1.92. The maximum absolute atomic E-state index is 5.41. The molecule has 2 rings (SSSR count). The molecule has 0 unspecified atom stereocenters. The topological polar surface area (TPSA) is 9.23 Å². The van der Waals surface area contributed by atoms with E-state index in [1.807, 2.05) is 0 Å². The molecule has 0 saturated heterocycles. The highest BCUT2D eigenvalue weighted by Crippen LogP contribution is 2.35. The average Bonchev–Trinajstić information content (AvgIpc) is 2.29. The Labute approximate surface area is 91.8 Å². The first-order valence-corrected chi connectivity index (χ1v) is 5.72. The van der Waals surface area contributed by atoms with Crippen molar-refractivity contribution in [2.75, 3.05) is 7.11 Å². The maximum Gasteiger partial charge on any atom is 0.122 e. The summed E-state index contributed by atoms with van der Waals surface area (Å²) in [6.45, 7) is 2.20. The van der Waals surface area contributed by atoms with Gasteiger partial charge in [0.2, 0.25) is 0 Å². The van der Waals surface area contributed by atoms with Crippen LogP contribution in [0, 0.1) is 0 Å². The molecule has 1 aliphatic carbocycles. The summed E-state index contributed by atoms with van der Waals surface area (Å²) in [6, 6.07) is 6.37. The Morgan fingerprint density at radius 1 is 1.33 bits per heavy atom. The van der Waals surface area contributed by atoms with Gasteiger partial charge in [-0.1, -0.05) is 25.1 Å². The maximum atomic E-state index is 5.41. The van der Waals surface area contributed by atoms with E-state index in [4.69, 9.17) is 4.74 Å². The number of ether oxygens (including phenoxy) is 1. The minimum Gasteiger partial charge on any atom is -0.496 e. The van der Waals surface area contributed by atoms with Crippen molar-refractivity contribution in [3.8, 4) is 5.75 Å². The Bertz CT molecular complexity index is 377. The van der Waals surface area contributed by atoms with Crippen LogP contribution in [0.1, 0.15) is 37.3 Å². The summed E-state index contributed by atoms with van der Waals surface area (Å²) in [7, 11) is 1.76. The van der Waals surface area contributed by atoms with E-state index in [2.05, 4.69) is 31.2 Å². The van der Waals surface area contributed by atoms with Crippen LogP contribution in [0.15, 0.2) is 24.3 Å². The molecule has 1 heteroatoms. The highest BCUT2D eigenvalue weighted by molar-refractivity contribution is 5.71. The number of fused-ring (bicyclic) bond motifs is 1. The lowest BCUT2D eigenvalue weighted by molar-refractivity contribution is 0.408. The zero-order valence-corrected chi connectivity index (χ0v) is 9.55. The van der Waals surface area contributed by atoms with Gasteiger partial charge >= 0.3 is 0 Å². The van der Waals surface area contributed by atoms with Gasteiger partial charge < -0.3 is 4.74 Å². The van der Waals surface area contributed by atoms with Gasteiger partial charge in [-0.2, -0.15) is 0 Å². The molecule has 0 radical (unpaired) electrons. The van der Waals surface area contributed by atoms with E-state index in [1.54, 1.807) is 7.11 Å². The van der Waals surface area contributed by atoms with Crippen LogP contribution >= 0.6 is 0 Å². The Kier molecular flexibility index (Phi) is 3.10. The van der Waals surface area contributed by atoms with E-state index < -0.39 is 0 Å². The van der Waals surface area contributed by atoms with Crippen molar-refractivity contribution in [2.24, 2.45) is 0 Å². The molecule has 0 aromatic heterocycles. The van der Waals surface area contributed by atoms with Gasteiger partial charge in [-0.3, -0.25) is 0 Å². The number of hydrogen-bond donors (Lipinski definition) is 0. The highest BCUT2D eigenvalue weighted by Gasteiger charge is 2.16. The second-order valence-electron chi connectivity index (χ2n) is 3.98.